The molecule has 182 valence electrons. The van der Waals surface area contributed by atoms with Crippen LogP contribution in [0.25, 0.3) is 0 Å². The van der Waals surface area contributed by atoms with E-state index in [-0.39, 0.29) is 16.9 Å². The molecule has 1 aliphatic rings. The van der Waals surface area contributed by atoms with Crippen LogP contribution < -0.4 is 15.4 Å². The number of carbonyl (C=O) groups is 2. The molecule has 34 heavy (non-hydrogen) atoms. The summed E-state index contributed by atoms with van der Waals surface area (Å²) in [6.07, 6.45) is 2.89. The molecule has 2 N–H and O–H groups in total. The van der Waals surface area contributed by atoms with Gasteiger partial charge in [0.1, 0.15) is 5.75 Å². The zero-order chi connectivity index (χ0) is 24.7. The van der Waals surface area contributed by atoms with Crippen molar-refractivity contribution < 1.29 is 14.3 Å². The van der Waals surface area contributed by atoms with Crippen molar-refractivity contribution in [3.05, 3.63) is 58.1 Å². The Labute approximate surface area is 215 Å². The minimum Gasteiger partial charge on any atom is -0.493 e. The van der Waals surface area contributed by atoms with Crippen LogP contribution in [-0.2, 0) is 0 Å². The van der Waals surface area contributed by atoms with E-state index in [1.165, 1.54) is 0 Å². The number of anilines is 1. The number of ether oxygens (including phenoxy) is 1. The van der Waals surface area contributed by atoms with Gasteiger partial charge in [0.2, 0.25) is 0 Å². The van der Waals surface area contributed by atoms with Gasteiger partial charge >= 0.3 is 0 Å². The first-order valence-electron chi connectivity index (χ1n) is 11.7. The monoisotopic (exact) mass is 545 g/mol. The molecule has 3 rings (SSSR count). The molecule has 0 spiro atoms. The number of benzene rings is 2. The highest BCUT2D eigenvalue weighted by atomic mass is 79.9. The van der Waals surface area contributed by atoms with Crippen molar-refractivity contribution in [2.75, 3.05) is 25.0 Å². The molecule has 0 aromatic heterocycles. The normalized spacial score (nSPS) is 14.1. The lowest BCUT2D eigenvalue weighted by Crippen LogP contribution is -2.39. The second-order valence-corrected chi connectivity index (χ2v) is 10.4. The summed E-state index contributed by atoms with van der Waals surface area (Å²) >= 11 is 8.82. The second kappa shape index (κ2) is 12.3. The highest BCUT2D eigenvalue weighted by Gasteiger charge is 2.23. The van der Waals surface area contributed by atoms with Crippen LogP contribution >= 0.6 is 28.1 Å². The van der Waals surface area contributed by atoms with E-state index in [1.54, 1.807) is 24.3 Å². The van der Waals surface area contributed by atoms with Crippen molar-refractivity contribution in [2.45, 2.75) is 40.0 Å². The summed E-state index contributed by atoms with van der Waals surface area (Å²) in [5.74, 6) is 1.22. The number of nitrogens with one attached hydrogen (secondary N) is 2. The largest absolute Gasteiger partial charge is 0.493 e. The third kappa shape index (κ3) is 7.27. The Balaban J connectivity index is 1.68. The topological polar surface area (TPSA) is 70.7 Å². The van der Waals surface area contributed by atoms with E-state index >= 15 is 0 Å². The third-order valence-electron chi connectivity index (χ3n) is 5.84. The Bertz CT molecular complexity index is 1040. The Kier molecular flexibility index (Phi) is 9.47. The van der Waals surface area contributed by atoms with Gasteiger partial charge in [-0.1, -0.05) is 48.8 Å². The first-order valence-corrected chi connectivity index (χ1v) is 12.9. The van der Waals surface area contributed by atoms with Gasteiger partial charge in [0, 0.05) is 17.6 Å². The van der Waals surface area contributed by atoms with Crippen LogP contribution in [0.2, 0.25) is 0 Å². The van der Waals surface area contributed by atoms with Gasteiger partial charge in [-0.2, -0.15) is 0 Å². The summed E-state index contributed by atoms with van der Waals surface area (Å²) in [5, 5.41) is 5.87. The van der Waals surface area contributed by atoms with Crippen LogP contribution in [0, 0.1) is 11.8 Å². The number of amides is 2. The Morgan fingerprint density at radius 2 is 1.85 bits per heavy atom. The summed E-state index contributed by atoms with van der Waals surface area (Å²) in [6.45, 7) is 8.47. The number of likely N-dealkylation sites (tertiary alicyclic amines) is 1. The van der Waals surface area contributed by atoms with E-state index in [9.17, 15) is 9.59 Å². The lowest BCUT2D eigenvalue weighted by atomic mass is 9.98. The quantitative estimate of drug-likeness (QED) is 0.425. The molecule has 1 aliphatic heterocycles. The molecule has 8 heteroatoms. The molecule has 1 heterocycles. The van der Waals surface area contributed by atoms with Crippen LogP contribution in [0.4, 0.5) is 5.69 Å². The number of carbonyl (C=O) groups excluding carboxylic acids is 2. The summed E-state index contributed by atoms with van der Waals surface area (Å²) in [4.78, 5) is 28.0. The van der Waals surface area contributed by atoms with Gasteiger partial charge in [-0.15, -0.1) is 0 Å². The number of hydrogen-bond acceptors (Lipinski definition) is 4. The van der Waals surface area contributed by atoms with Crippen LogP contribution in [0.1, 0.15) is 60.7 Å². The van der Waals surface area contributed by atoms with Gasteiger partial charge < -0.3 is 15.0 Å². The van der Waals surface area contributed by atoms with Gasteiger partial charge in [-0.05, 0) is 73.6 Å². The molecule has 2 aromatic carbocycles. The first-order chi connectivity index (χ1) is 16.2. The second-order valence-electron chi connectivity index (χ2n) is 9.10. The molecule has 0 saturated carbocycles. The predicted molar refractivity (Wildman–Crippen MR) is 144 cm³/mol. The Hall–Kier alpha value is -2.45. The van der Waals surface area contributed by atoms with E-state index in [4.69, 9.17) is 17.0 Å². The average Bonchev–Trinajstić information content (AvgIpc) is 2.80. The van der Waals surface area contributed by atoms with Crippen LogP contribution in [0.5, 0.6) is 5.75 Å². The highest BCUT2D eigenvalue weighted by molar-refractivity contribution is 9.10. The van der Waals surface area contributed by atoms with Gasteiger partial charge in [0.15, 0.2) is 5.11 Å². The van der Waals surface area contributed by atoms with E-state index in [0.29, 0.717) is 41.0 Å². The Morgan fingerprint density at radius 3 is 2.56 bits per heavy atom. The van der Waals surface area contributed by atoms with Gasteiger partial charge in [-0.3, -0.25) is 14.9 Å². The third-order valence-corrected chi connectivity index (χ3v) is 6.54. The van der Waals surface area contributed by atoms with E-state index in [2.05, 4.69) is 47.3 Å². The molecular weight excluding hydrogens is 514 g/mol. The van der Waals surface area contributed by atoms with E-state index < -0.39 is 0 Å². The summed E-state index contributed by atoms with van der Waals surface area (Å²) in [7, 11) is 0. The maximum Gasteiger partial charge on any atom is 0.261 e. The highest BCUT2D eigenvalue weighted by Crippen LogP contribution is 2.25. The van der Waals surface area contributed by atoms with Crippen molar-refractivity contribution in [1.29, 1.82) is 0 Å². The number of rotatable bonds is 7. The molecular formula is C26H32BrN3O3S. The number of halogens is 1. The molecule has 0 unspecified atom stereocenters. The molecule has 2 amide bonds. The van der Waals surface area contributed by atoms with E-state index in [0.717, 1.165) is 36.8 Å². The molecule has 0 radical (unpaired) electrons. The zero-order valence-corrected chi connectivity index (χ0v) is 22.3. The molecule has 2 aromatic rings. The molecule has 0 bridgehead atoms. The number of hydrogen-bond donors (Lipinski definition) is 2. The van der Waals surface area contributed by atoms with Crippen LogP contribution in [-0.4, -0.2) is 41.5 Å². The van der Waals surface area contributed by atoms with Crippen molar-refractivity contribution in [3.63, 3.8) is 0 Å². The fourth-order valence-corrected chi connectivity index (χ4v) is 4.26. The number of nitrogens with zero attached hydrogens (tertiary/aromatic N) is 1. The van der Waals surface area contributed by atoms with Crippen molar-refractivity contribution >= 4 is 50.8 Å². The number of piperidine rings is 1. The minimum absolute atomic E-state index is 0.0306. The fourth-order valence-electron chi connectivity index (χ4n) is 3.69. The smallest absolute Gasteiger partial charge is 0.261 e. The maximum atomic E-state index is 13.1. The van der Waals surface area contributed by atoms with Crippen molar-refractivity contribution in [1.82, 2.24) is 10.2 Å². The number of para-hydroxylation sites is 1. The van der Waals surface area contributed by atoms with Crippen LogP contribution in [0.15, 0.2) is 46.9 Å². The van der Waals surface area contributed by atoms with Crippen molar-refractivity contribution in [2.24, 2.45) is 11.8 Å². The first kappa shape index (κ1) is 26.2. The SMILES string of the molecule is CC(C)CCOc1ccc(Br)cc1C(=O)NC(=S)Nc1ccccc1C(=O)N1CCC(C)CC1. The lowest BCUT2D eigenvalue weighted by Gasteiger charge is -2.31. The minimum atomic E-state index is -0.382. The van der Waals surface area contributed by atoms with Gasteiger partial charge in [0.25, 0.3) is 11.8 Å². The zero-order valence-electron chi connectivity index (χ0n) is 19.9. The maximum absolute atomic E-state index is 13.1. The molecule has 0 atom stereocenters. The Morgan fingerprint density at radius 1 is 1.15 bits per heavy atom. The molecule has 0 aliphatic carbocycles. The standard InChI is InChI=1S/C26H32BrN3O3S/c1-17(2)12-15-33-23-9-8-19(27)16-21(23)24(31)29-26(34)28-22-7-5-4-6-20(22)25(32)30-13-10-18(3)11-14-30/h4-9,16-18H,10-15H2,1-3H3,(H2,28,29,31,34). The van der Waals surface area contributed by atoms with Crippen LogP contribution in [0.3, 0.4) is 0 Å². The molecule has 1 saturated heterocycles. The number of thiocarbonyl (C=S) groups is 1. The van der Waals surface area contributed by atoms with Gasteiger partial charge in [-0.25, -0.2) is 0 Å². The van der Waals surface area contributed by atoms with Crippen molar-refractivity contribution in [3.8, 4) is 5.75 Å². The molecule has 6 nitrogen and oxygen atoms in total. The fraction of sp³-hybridized carbons (Fsp3) is 0.423. The van der Waals surface area contributed by atoms with E-state index in [1.807, 2.05) is 23.1 Å². The lowest BCUT2D eigenvalue weighted by molar-refractivity contribution is 0.0698. The predicted octanol–water partition coefficient (Wildman–Crippen LogP) is 5.87. The molecule has 1 fully saturated rings. The van der Waals surface area contributed by atoms with Gasteiger partial charge in [0.05, 0.1) is 23.4 Å². The average molecular weight is 547 g/mol. The summed E-state index contributed by atoms with van der Waals surface area (Å²) < 4.78 is 6.62. The summed E-state index contributed by atoms with van der Waals surface area (Å²) in [6, 6.07) is 12.5. The summed E-state index contributed by atoms with van der Waals surface area (Å²) in [5.41, 5.74) is 1.49.